The Kier molecular flexibility index (Phi) is 5.00. The van der Waals surface area contributed by atoms with E-state index in [9.17, 15) is 26.0 Å². The van der Waals surface area contributed by atoms with Crippen molar-refractivity contribution in [2.24, 2.45) is 7.05 Å². The van der Waals surface area contributed by atoms with Crippen molar-refractivity contribution in [2.75, 3.05) is 5.75 Å². The number of halogens is 4. The van der Waals surface area contributed by atoms with E-state index >= 15 is 0 Å². The summed E-state index contributed by atoms with van der Waals surface area (Å²) < 4.78 is 78.7. The summed E-state index contributed by atoms with van der Waals surface area (Å²) in [5, 5.41) is 7.94. The van der Waals surface area contributed by atoms with Crippen molar-refractivity contribution >= 4 is 9.84 Å². The molecule has 0 aliphatic rings. The number of sulfone groups is 1. The third-order valence-corrected chi connectivity index (χ3v) is 6.01. The molecule has 0 aliphatic carbocycles. The molecule has 0 unspecified atom stereocenters. The highest BCUT2D eigenvalue weighted by atomic mass is 32.2. The number of aromatic nitrogens is 3. The van der Waals surface area contributed by atoms with Crippen LogP contribution >= 0.6 is 0 Å². The van der Waals surface area contributed by atoms with Crippen LogP contribution in [0, 0.1) is 5.82 Å². The first-order chi connectivity index (χ1) is 13.0. The van der Waals surface area contributed by atoms with Crippen LogP contribution < -0.4 is 0 Å². The zero-order valence-corrected chi connectivity index (χ0v) is 15.6. The molecule has 28 heavy (non-hydrogen) atoms. The largest absolute Gasteiger partial charge is 0.416 e. The first-order valence-corrected chi connectivity index (χ1v) is 9.79. The zero-order valence-electron chi connectivity index (χ0n) is 14.8. The van der Waals surface area contributed by atoms with Gasteiger partial charge in [-0.05, 0) is 42.5 Å². The molecule has 10 heteroatoms. The van der Waals surface area contributed by atoms with Crippen molar-refractivity contribution in [3.63, 3.8) is 0 Å². The number of hydrogen-bond donors (Lipinski definition) is 0. The number of alkyl halides is 3. The smallest absolute Gasteiger partial charge is 0.310 e. The molecule has 0 N–H and O–H groups in total. The third kappa shape index (κ3) is 3.64. The van der Waals surface area contributed by atoms with Gasteiger partial charge in [0.1, 0.15) is 5.82 Å². The molecular formula is C18H15F4N3O2S. The van der Waals surface area contributed by atoms with Gasteiger partial charge >= 0.3 is 6.18 Å². The normalized spacial score (nSPS) is 12.4. The van der Waals surface area contributed by atoms with Crippen LogP contribution in [0.15, 0.2) is 47.4 Å². The van der Waals surface area contributed by atoms with Crippen LogP contribution in [0.2, 0.25) is 0 Å². The molecule has 0 atom stereocenters. The summed E-state index contributed by atoms with van der Waals surface area (Å²) in [4.78, 5) is -0.467. The summed E-state index contributed by atoms with van der Waals surface area (Å²) in [6.45, 7) is 1.35. The molecule has 0 saturated heterocycles. The highest BCUT2D eigenvalue weighted by molar-refractivity contribution is 7.91. The van der Waals surface area contributed by atoms with Crippen LogP contribution in [-0.2, 0) is 23.1 Å². The van der Waals surface area contributed by atoms with Gasteiger partial charge in [-0.25, -0.2) is 12.8 Å². The number of nitrogens with zero attached hydrogens (tertiary/aromatic N) is 3. The fraction of sp³-hybridized carbons (Fsp3) is 0.222. The van der Waals surface area contributed by atoms with Crippen LogP contribution in [-0.4, -0.2) is 28.9 Å². The molecule has 0 radical (unpaired) electrons. The Morgan fingerprint density at radius 1 is 1.00 bits per heavy atom. The second-order valence-electron chi connectivity index (χ2n) is 6.03. The van der Waals surface area contributed by atoms with Gasteiger partial charge in [0.25, 0.3) is 0 Å². The van der Waals surface area contributed by atoms with Gasteiger partial charge in [0.05, 0.1) is 16.2 Å². The molecular weight excluding hydrogens is 398 g/mol. The Bertz CT molecular complexity index is 1120. The average molecular weight is 413 g/mol. The van der Waals surface area contributed by atoms with E-state index in [-0.39, 0.29) is 17.1 Å². The molecule has 0 spiro atoms. The topological polar surface area (TPSA) is 64.8 Å². The van der Waals surface area contributed by atoms with E-state index in [1.54, 1.807) is 7.05 Å². The molecule has 0 bridgehead atoms. The minimum Gasteiger partial charge on any atom is -0.310 e. The van der Waals surface area contributed by atoms with Crippen LogP contribution in [0.1, 0.15) is 12.5 Å². The van der Waals surface area contributed by atoms with Gasteiger partial charge in [0.15, 0.2) is 21.5 Å². The molecule has 148 valence electrons. The summed E-state index contributed by atoms with van der Waals surface area (Å²) in [5.41, 5.74) is -0.531. The minimum absolute atomic E-state index is 0.0122. The lowest BCUT2D eigenvalue weighted by molar-refractivity contribution is -0.137. The predicted molar refractivity (Wildman–Crippen MR) is 94.6 cm³/mol. The number of hydrogen-bond acceptors (Lipinski definition) is 4. The quantitative estimate of drug-likeness (QED) is 0.604. The zero-order chi connectivity index (χ0) is 20.7. The number of benzene rings is 2. The van der Waals surface area contributed by atoms with Gasteiger partial charge in [0.2, 0.25) is 0 Å². The third-order valence-electron chi connectivity index (χ3n) is 4.24. The molecule has 1 aromatic heterocycles. The number of rotatable bonds is 4. The van der Waals surface area contributed by atoms with E-state index in [0.717, 1.165) is 12.1 Å². The summed E-state index contributed by atoms with van der Waals surface area (Å²) in [7, 11) is -2.42. The van der Waals surface area contributed by atoms with Crippen LogP contribution in [0.5, 0.6) is 0 Å². The molecule has 0 aliphatic heterocycles. The summed E-state index contributed by atoms with van der Waals surface area (Å²) in [5.74, 6) is -0.413. The van der Waals surface area contributed by atoms with Crippen molar-refractivity contribution in [3.8, 4) is 22.8 Å². The molecule has 0 saturated carbocycles. The Hall–Kier alpha value is -2.75. The Labute approximate surface area is 158 Å². The van der Waals surface area contributed by atoms with E-state index < -0.39 is 32.3 Å². The lowest BCUT2D eigenvalue weighted by atomic mass is 10.1. The molecule has 5 nitrogen and oxygen atoms in total. The molecule has 2 aromatic carbocycles. The van der Waals surface area contributed by atoms with Crippen molar-refractivity contribution in [3.05, 3.63) is 53.8 Å². The minimum atomic E-state index is -4.68. The second kappa shape index (κ2) is 7.01. The first kappa shape index (κ1) is 20.0. The van der Waals surface area contributed by atoms with Gasteiger partial charge in [-0.15, -0.1) is 10.2 Å². The van der Waals surface area contributed by atoms with Gasteiger partial charge in [-0.1, -0.05) is 6.92 Å². The van der Waals surface area contributed by atoms with Crippen LogP contribution in [0.4, 0.5) is 17.6 Å². The van der Waals surface area contributed by atoms with Gasteiger partial charge in [-0.3, -0.25) is 0 Å². The van der Waals surface area contributed by atoms with E-state index in [1.165, 1.54) is 35.8 Å². The first-order valence-electron chi connectivity index (χ1n) is 8.14. The van der Waals surface area contributed by atoms with Gasteiger partial charge in [-0.2, -0.15) is 13.2 Å². The lowest BCUT2D eigenvalue weighted by Crippen LogP contribution is -2.11. The fourth-order valence-electron chi connectivity index (χ4n) is 2.71. The molecule has 3 rings (SSSR count). The van der Waals surface area contributed by atoms with Gasteiger partial charge in [0, 0.05) is 18.2 Å². The average Bonchev–Trinajstić information content (AvgIpc) is 3.02. The maximum absolute atomic E-state index is 13.1. The van der Waals surface area contributed by atoms with E-state index in [0.29, 0.717) is 17.5 Å². The summed E-state index contributed by atoms with van der Waals surface area (Å²) >= 11 is 0. The van der Waals surface area contributed by atoms with E-state index in [2.05, 4.69) is 10.2 Å². The maximum atomic E-state index is 13.1. The van der Waals surface area contributed by atoms with Crippen molar-refractivity contribution in [2.45, 2.75) is 18.0 Å². The van der Waals surface area contributed by atoms with E-state index in [4.69, 9.17) is 0 Å². The van der Waals surface area contributed by atoms with E-state index in [1.807, 2.05) is 0 Å². The van der Waals surface area contributed by atoms with Crippen molar-refractivity contribution in [1.29, 1.82) is 0 Å². The highest BCUT2D eigenvalue weighted by Gasteiger charge is 2.33. The summed E-state index contributed by atoms with van der Waals surface area (Å²) in [6, 6.07) is 7.89. The van der Waals surface area contributed by atoms with Crippen molar-refractivity contribution in [1.82, 2.24) is 14.8 Å². The molecule has 0 fully saturated rings. The Balaban J connectivity index is 2.20. The molecule has 0 amide bonds. The van der Waals surface area contributed by atoms with Crippen molar-refractivity contribution < 1.29 is 26.0 Å². The second-order valence-corrected chi connectivity index (χ2v) is 8.27. The Morgan fingerprint density at radius 3 is 2.18 bits per heavy atom. The van der Waals surface area contributed by atoms with Crippen LogP contribution in [0.3, 0.4) is 0 Å². The van der Waals surface area contributed by atoms with Crippen LogP contribution in [0.25, 0.3) is 22.8 Å². The molecule has 1 heterocycles. The Morgan fingerprint density at radius 2 is 1.61 bits per heavy atom. The highest BCUT2D eigenvalue weighted by Crippen LogP contribution is 2.35. The lowest BCUT2D eigenvalue weighted by Gasteiger charge is -2.13. The summed E-state index contributed by atoms with van der Waals surface area (Å²) in [6.07, 6.45) is -4.68. The maximum Gasteiger partial charge on any atom is 0.416 e. The monoisotopic (exact) mass is 413 g/mol. The molecule has 3 aromatic rings. The van der Waals surface area contributed by atoms with Gasteiger partial charge < -0.3 is 4.57 Å². The fourth-order valence-corrected chi connectivity index (χ4v) is 3.82. The predicted octanol–water partition coefficient (Wildman–Crippen LogP) is 4.10. The standard InChI is InChI=1S/C18H15F4N3O2S/c1-3-28(26,27)15-10-12(18(20,21)22)6-9-14(15)17-24-23-16(25(17)2)11-4-7-13(19)8-5-11/h4-10H,3H2,1-2H3. The SMILES string of the molecule is CCS(=O)(=O)c1cc(C(F)(F)F)ccc1-c1nnc(-c2ccc(F)cc2)n1C.